The molecule has 4 nitrogen and oxygen atoms in total. The average molecular weight is 545 g/mol. The van der Waals surface area contributed by atoms with Crippen LogP contribution in [-0.4, -0.2) is 19.5 Å². The van der Waals surface area contributed by atoms with Gasteiger partial charge in [-0.15, -0.1) is 11.3 Å². The Morgan fingerprint density at radius 1 is 0.780 bits per heavy atom. The Balaban J connectivity index is 1.65. The van der Waals surface area contributed by atoms with Crippen molar-refractivity contribution in [3.8, 4) is 17.2 Å². The number of rotatable bonds is 3. The van der Waals surface area contributed by atoms with Crippen molar-refractivity contribution in [3.63, 3.8) is 0 Å². The van der Waals surface area contributed by atoms with Gasteiger partial charge in [-0.05, 0) is 42.0 Å². The van der Waals surface area contributed by atoms with Gasteiger partial charge in [0, 0.05) is 37.8 Å². The van der Waals surface area contributed by atoms with Gasteiger partial charge in [-0.1, -0.05) is 91.5 Å². The van der Waals surface area contributed by atoms with Gasteiger partial charge in [0.25, 0.3) is 0 Å². The van der Waals surface area contributed by atoms with Crippen molar-refractivity contribution in [2.45, 2.75) is 6.92 Å². The third-order valence-electron chi connectivity index (χ3n) is 7.78. The van der Waals surface area contributed by atoms with E-state index in [1.165, 1.54) is 30.9 Å². The van der Waals surface area contributed by atoms with Crippen molar-refractivity contribution in [1.29, 1.82) is 0 Å². The van der Waals surface area contributed by atoms with Crippen LogP contribution in [0.15, 0.2) is 110 Å². The molecule has 0 aliphatic rings. The van der Waals surface area contributed by atoms with Crippen molar-refractivity contribution >= 4 is 76.4 Å². The highest BCUT2D eigenvalue weighted by Gasteiger charge is 2.23. The first-order valence-electron chi connectivity index (χ1n) is 13.6. The summed E-state index contributed by atoms with van der Waals surface area (Å²) in [6, 6.07) is 31.8. The zero-order chi connectivity index (χ0) is 27.5. The lowest BCUT2D eigenvalue weighted by Gasteiger charge is -2.11. The molecule has 0 saturated carbocycles. The van der Waals surface area contributed by atoms with Crippen LogP contribution in [0.4, 0.5) is 0 Å². The second-order valence-electron chi connectivity index (χ2n) is 10.0. The predicted molar refractivity (Wildman–Crippen MR) is 174 cm³/mol. The zero-order valence-corrected chi connectivity index (χ0v) is 23.2. The van der Waals surface area contributed by atoms with Gasteiger partial charge in [0.05, 0.1) is 32.3 Å². The number of allylic oxidation sites excluding steroid dienone is 1. The number of hydrogen-bond donors (Lipinski definition) is 0. The van der Waals surface area contributed by atoms with Crippen molar-refractivity contribution < 1.29 is 0 Å². The topological polar surface area (TPSA) is 43.6 Å². The van der Waals surface area contributed by atoms with E-state index in [1.807, 2.05) is 54.8 Å². The van der Waals surface area contributed by atoms with E-state index in [4.69, 9.17) is 15.0 Å². The highest BCUT2D eigenvalue weighted by atomic mass is 32.1. The van der Waals surface area contributed by atoms with Crippen molar-refractivity contribution in [2.75, 3.05) is 0 Å². The maximum Gasteiger partial charge on any atom is 0.235 e. The number of nitrogens with zero attached hydrogens (tertiary/aromatic N) is 4. The van der Waals surface area contributed by atoms with Crippen molar-refractivity contribution in [1.82, 2.24) is 19.5 Å². The van der Waals surface area contributed by atoms with Crippen molar-refractivity contribution in [3.05, 3.63) is 120 Å². The van der Waals surface area contributed by atoms with E-state index >= 15 is 0 Å². The van der Waals surface area contributed by atoms with Gasteiger partial charge in [0.2, 0.25) is 5.95 Å². The second kappa shape index (κ2) is 9.22. The minimum Gasteiger partial charge on any atom is -0.275 e. The SMILES string of the molecule is C=C/C=c1/nc(-n2c3cccnc3c3c4ccccc4c4c5ccccc5sc4c32)nc(-c2ccccc2)/c1=C/C. The lowest BCUT2D eigenvalue weighted by Crippen LogP contribution is -2.33. The highest BCUT2D eigenvalue weighted by Crippen LogP contribution is 2.46. The summed E-state index contributed by atoms with van der Waals surface area (Å²) in [4.78, 5) is 15.4. The lowest BCUT2D eigenvalue weighted by atomic mass is 10.00. The Labute approximate surface area is 239 Å². The molecule has 0 saturated heterocycles. The molecule has 4 heterocycles. The van der Waals surface area contributed by atoms with Gasteiger partial charge in [-0.2, -0.15) is 0 Å². The third-order valence-corrected chi connectivity index (χ3v) is 8.95. The highest BCUT2D eigenvalue weighted by molar-refractivity contribution is 7.27. The molecule has 4 aromatic carbocycles. The standard InChI is InChI=1S/C36H24N4S/c1-3-13-27-23(4-2)32(22-14-6-5-7-15-22)39-36(38-27)40-28-19-12-21-37-33(28)31-25-17-9-8-16-24(25)30-26-18-10-11-20-29(26)41-35(30)34(31)40/h3-21H,1H2,2H3/b23-4+,27-13+. The molecule has 0 amide bonds. The van der Waals surface area contributed by atoms with Gasteiger partial charge in [0.15, 0.2) is 0 Å². The minimum atomic E-state index is 0.615. The molecule has 8 rings (SSSR count). The molecular weight excluding hydrogens is 520 g/mol. The number of thiophene rings is 1. The maximum absolute atomic E-state index is 5.28. The first kappa shape index (κ1) is 23.7. The van der Waals surface area contributed by atoms with Gasteiger partial charge >= 0.3 is 0 Å². The van der Waals surface area contributed by atoms with Crippen LogP contribution < -0.4 is 10.6 Å². The Morgan fingerprint density at radius 3 is 2.29 bits per heavy atom. The van der Waals surface area contributed by atoms with Crippen LogP contribution in [0, 0.1) is 0 Å². The van der Waals surface area contributed by atoms with E-state index < -0.39 is 0 Å². The first-order valence-corrected chi connectivity index (χ1v) is 14.4. The van der Waals surface area contributed by atoms with Crippen LogP contribution in [0.25, 0.3) is 82.2 Å². The van der Waals surface area contributed by atoms with E-state index in [1.54, 1.807) is 6.08 Å². The molecule has 0 unspecified atom stereocenters. The Morgan fingerprint density at radius 2 is 1.51 bits per heavy atom. The summed E-state index contributed by atoms with van der Waals surface area (Å²) in [5, 5.41) is 7.88. The van der Waals surface area contributed by atoms with Crippen LogP contribution in [0.2, 0.25) is 0 Å². The normalized spacial score (nSPS) is 12.9. The van der Waals surface area contributed by atoms with Crippen LogP contribution in [0.1, 0.15) is 6.92 Å². The smallest absolute Gasteiger partial charge is 0.235 e. The number of fused-ring (bicyclic) bond motifs is 10. The van der Waals surface area contributed by atoms with Gasteiger partial charge in [-0.25, -0.2) is 9.97 Å². The molecule has 0 fully saturated rings. The van der Waals surface area contributed by atoms with E-state index in [0.29, 0.717) is 5.95 Å². The summed E-state index contributed by atoms with van der Waals surface area (Å²) in [6.07, 6.45) is 7.70. The number of benzene rings is 4. The summed E-state index contributed by atoms with van der Waals surface area (Å²) in [7, 11) is 0. The average Bonchev–Trinajstić information content (AvgIpc) is 3.58. The number of aromatic nitrogens is 4. The molecule has 0 N–H and O–H groups in total. The molecule has 41 heavy (non-hydrogen) atoms. The van der Waals surface area contributed by atoms with Crippen LogP contribution in [-0.2, 0) is 0 Å². The fourth-order valence-corrected chi connectivity index (χ4v) is 7.36. The third kappa shape index (κ3) is 3.43. The summed E-state index contributed by atoms with van der Waals surface area (Å²) in [6.45, 7) is 6.01. The molecule has 0 bridgehead atoms. The summed E-state index contributed by atoms with van der Waals surface area (Å²) >= 11 is 1.82. The minimum absolute atomic E-state index is 0.615. The van der Waals surface area contributed by atoms with Crippen LogP contribution in [0.5, 0.6) is 0 Å². The van der Waals surface area contributed by atoms with Gasteiger partial charge in [0.1, 0.15) is 0 Å². The first-order chi connectivity index (χ1) is 20.3. The Hall–Kier alpha value is -5.13. The summed E-state index contributed by atoms with van der Waals surface area (Å²) in [5.74, 6) is 0.615. The molecule has 194 valence electrons. The van der Waals surface area contributed by atoms with Gasteiger partial charge in [-0.3, -0.25) is 9.55 Å². The quantitative estimate of drug-likeness (QED) is 0.227. The molecule has 0 aliphatic heterocycles. The number of hydrogen-bond acceptors (Lipinski definition) is 4. The molecule has 0 radical (unpaired) electrons. The molecular formula is C36H24N4S. The Bertz CT molecular complexity index is 2450. The molecule has 0 spiro atoms. The molecule has 4 aromatic heterocycles. The summed E-state index contributed by atoms with van der Waals surface area (Å²) in [5.41, 5.74) is 4.95. The molecule has 0 aliphatic carbocycles. The van der Waals surface area contributed by atoms with E-state index in [9.17, 15) is 0 Å². The zero-order valence-electron chi connectivity index (χ0n) is 22.4. The largest absolute Gasteiger partial charge is 0.275 e. The van der Waals surface area contributed by atoms with Crippen molar-refractivity contribution in [2.24, 2.45) is 0 Å². The monoisotopic (exact) mass is 544 g/mol. The lowest BCUT2D eigenvalue weighted by molar-refractivity contribution is 0.966. The maximum atomic E-state index is 5.28. The Kier molecular flexibility index (Phi) is 5.34. The fraction of sp³-hybridized carbons (Fsp3) is 0.0278. The molecule has 8 aromatic rings. The second-order valence-corrected chi connectivity index (χ2v) is 11.1. The van der Waals surface area contributed by atoms with E-state index in [-0.39, 0.29) is 0 Å². The predicted octanol–water partition coefficient (Wildman–Crippen LogP) is 7.92. The van der Waals surface area contributed by atoms with E-state index in [2.05, 4.69) is 84.0 Å². The van der Waals surface area contributed by atoms with Gasteiger partial charge < -0.3 is 0 Å². The number of pyridine rings is 1. The van der Waals surface area contributed by atoms with Crippen LogP contribution >= 0.6 is 11.3 Å². The van der Waals surface area contributed by atoms with E-state index in [0.717, 1.165) is 43.8 Å². The van der Waals surface area contributed by atoms with Crippen LogP contribution in [0.3, 0.4) is 0 Å². The summed E-state index contributed by atoms with van der Waals surface area (Å²) < 4.78 is 4.68. The molecule has 0 atom stereocenters. The molecule has 5 heteroatoms. The fourth-order valence-electron chi connectivity index (χ4n) is 6.10.